The topological polar surface area (TPSA) is 17.1 Å². The van der Waals surface area contributed by atoms with Gasteiger partial charge in [-0.25, -0.2) is 0 Å². The first-order valence-corrected chi connectivity index (χ1v) is 8.68. The Morgan fingerprint density at radius 2 is 1.83 bits per heavy atom. The number of fused-ring (bicyclic) bond motifs is 5. The summed E-state index contributed by atoms with van der Waals surface area (Å²) in [5.41, 5.74) is 4.89. The summed E-state index contributed by atoms with van der Waals surface area (Å²) < 4.78 is 0. The summed E-state index contributed by atoms with van der Waals surface area (Å²) in [5, 5.41) is 0. The second kappa shape index (κ2) is 4.67. The van der Waals surface area contributed by atoms with Crippen LogP contribution in [0.3, 0.4) is 0 Å². The molecule has 1 saturated carbocycles. The van der Waals surface area contributed by atoms with Gasteiger partial charge in [0.1, 0.15) is 0 Å². The second-order valence-electron chi connectivity index (χ2n) is 7.40. The zero-order valence-electron chi connectivity index (χ0n) is 13.2. The molecule has 0 aliphatic heterocycles. The maximum absolute atomic E-state index is 12.6. The first-order chi connectivity index (χ1) is 11.3. The number of rotatable bonds is 1. The monoisotopic (exact) mass is 300 g/mol. The van der Waals surface area contributed by atoms with Gasteiger partial charge in [-0.3, -0.25) is 4.79 Å². The van der Waals surface area contributed by atoms with Crippen LogP contribution >= 0.6 is 0 Å². The lowest BCUT2D eigenvalue weighted by Gasteiger charge is -2.40. The van der Waals surface area contributed by atoms with E-state index >= 15 is 0 Å². The molecule has 3 aliphatic rings. The van der Waals surface area contributed by atoms with E-state index in [0.29, 0.717) is 18.1 Å². The van der Waals surface area contributed by atoms with Crippen LogP contribution in [0, 0.1) is 11.8 Å². The largest absolute Gasteiger partial charge is 0.294 e. The van der Waals surface area contributed by atoms with E-state index in [0.717, 1.165) is 23.5 Å². The minimum absolute atomic E-state index is 0.234. The van der Waals surface area contributed by atoms with Crippen molar-refractivity contribution in [2.24, 2.45) is 11.8 Å². The Balaban J connectivity index is 1.66. The van der Waals surface area contributed by atoms with Crippen LogP contribution in [-0.2, 0) is 5.41 Å². The van der Waals surface area contributed by atoms with Crippen molar-refractivity contribution in [1.29, 1.82) is 0 Å². The number of carbonyl (C=O) groups is 1. The van der Waals surface area contributed by atoms with Gasteiger partial charge in [-0.15, -0.1) is 0 Å². The van der Waals surface area contributed by atoms with Crippen molar-refractivity contribution in [2.75, 3.05) is 0 Å². The molecule has 114 valence electrons. The minimum Gasteiger partial charge on any atom is -0.294 e. The molecule has 1 fully saturated rings. The number of Topliss-reactive ketones (excluding diaryl/α,β-unsaturated/α-hetero) is 1. The third-order valence-corrected chi connectivity index (χ3v) is 6.27. The molecule has 1 nitrogen and oxygen atoms in total. The summed E-state index contributed by atoms with van der Waals surface area (Å²) in [6, 6.07) is 17.0. The third-order valence-electron chi connectivity index (χ3n) is 6.27. The van der Waals surface area contributed by atoms with Gasteiger partial charge in [0.05, 0.1) is 0 Å². The van der Waals surface area contributed by atoms with Crippen LogP contribution in [0.4, 0.5) is 0 Å². The highest BCUT2D eigenvalue weighted by molar-refractivity contribution is 6.00. The first-order valence-electron chi connectivity index (χ1n) is 8.68. The fraction of sp³-hybridized carbons (Fsp3) is 0.318. The predicted molar refractivity (Wildman–Crippen MR) is 92.5 cm³/mol. The number of benzene rings is 2. The smallest absolute Gasteiger partial charge is 0.163 e. The molecule has 1 heteroatoms. The molecule has 2 bridgehead atoms. The van der Waals surface area contributed by atoms with Gasteiger partial charge in [0, 0.05) is 17.4 Å². The van der Waals surface area contributed by atoms with E-state index in [4.69, 9.17) is 0 Å². The predicted octanol–water partition coefficient (Wildman–Crippen LogP) is 5.16. The van der Waals surface area contributed by atoms with E-state index < -0.39 is 0 Å². The highest BCUT2D eigenvalue weighted by Crippen LogP contribution is 2.58. The molecule has 1 spiro atoms. The van der Waals surface area contributed by atoms with Crippen LogP contribution in [0.25, 0.3) is 11.1 Å². The number of hydrogen-bond donors (Lipinski definition) is 0. The van der Waals surface area contributed by atoms with Gasteiger partial charge in [0.15, 0.2) is 5.78 Å². The van der Waals surface area contributed by atoms with Crippen molar-refractivity contribution in [3.63, 3.8) is 0 Å². The Morgan fingerprint density at radius 3 is 2.57 bits per heavy atom. The molecule has 2 aromatic rings. The molecule has 2 aromatic carbocycles. The SMILES string of the molecule is O=C1CCC2(CC3C=CC2C3)c2ccc(-c3ccccc3)cc21. The van der Waals surface area contributed by atoms with Crippen LogP contribution in [-0.4, -0.2) is 5.78 Å². The molecule has 3 unspecified atom stereocenters. The highest BCUT2D eigenvalue weighted by Gasteiger charge is 2.52. The zero-order valence-corrected chi connectivity index (χ0v) is 13.2. The van der Waals surface area contributed by atoms with Gasteiger partial charge in [-0.2, -0.15) is 0 Å². The van der Waals surface area contributed by atoms with E-state index in [2.05, 4.69) is 54.6 Å². The minimum atomic E-state index is 0.234. The van der Waals surface area contributed by atoms with Crippen molar-refractivity contribution in [1.82, 2.24) is 0 Å². The van der Waals surface area contributed by atoms with Crippen molar-refractivity contribution in [3.05, 3.63) is 71.8 Å². The Morgan fingerprint density at radius 1 is 0.957 bits per heavy atom. The Hall–Kier alpha value is -2.15. The second-order valence-corrected chi connectivity index (χ2v) is 7.40. The molecule has 23 heavy (non-hydrogen) atoms. The number of ketones is 1. The molecular weight excluding hydrogens is 280 g/mol. The highest BCUT2D eigenvalue weighted by atomic mass is 16.1. The van der Waals surface area contributed by atoms with Crippen molar-refractivity contribution in [3.8, 4) is 11.1 Å². The summed E-state index contributed by atoms with van der Waals surface area (Å²) in [7, 11) is 0. The van der Waals surface area contributed by atoms with Gasteiger partial charge >= 0.3 is 0 Å². The first kappa shape index (κ1) is 13.3. The average molecular weight is 300 g/mol. The summed E-state index contributed by atoms with van der Waals surface area (Å²) in [6.07, 6.45) is 9.08. The van der Waals surface area contributed by atoms with Gasteiger partial charge in [0.2, 0.25) is 0 Å². The molecule has 3 aliphatic carbocycles. The summed E-state index contributed by atoms with van der Waals surface area (Å²) >= 11 is 0. The van der Waals surface area contributed by atoms with Crippen LogP contribution in [0.2, 0.25) is 0 Å². The van der Waals surface area contributed by atoms with Gasteiger partial charge < -0.3 is 0 Å². The summed E-state index contributed by atoms with van der Waals surface area (Å²) in [5.74, 6) is 1.70. The molecular formula is C22H20O. The van der Waals surface area contributed by atoms with E-state index in [1.807, 2.05) is 6.07 Å². The van der Waals surface area contributed by atoms with E-state index in [1.165, 1.54) is 24.0 Å². The molecule has 0 aromatic heterocycles. The molecule has 0 amide bonds. The van der Waals surface area contributed by atoms with E-state index in [-0.39, 0.29) is 5.41 Å². The maximum atomic E-state index is 12.6. The number of hydrogen-bond acceptors (Lipinski definition) is 1. The molecule has 0 heterocycles. The normalized spacial score (nSPS) is 30.9. The Kier molecular flexibility index (Phi) is 2.70. The number of carbonyl (C=O) groups excluding carboxylic acids is 1. The van der Waals surface area contributed by atoms with Crippen LogP contribution in [0.1, 0.15) is 41.6 Å². The molecule has 0 N–H and O–H groups in total. The Bertz CT molecular complexity index is 817. The molecule has 3 atom stereocenters. The average Bonchev–Trinajstić information content (AvgIpc) is 3.21. The lowest BCUT2D eigenvalue weighted by molar-refractivity contribution is 0.0944. The van der Waals surface area contributed by atoms with Crippen molar-refractivity contribution >= 4 is 5.78 Å². The lowest BCUT2D eigenvalue weighted by atomic mass is 9.62. The third kappa shape index (κ3) is 1.83. The summed E-state index contributed by atoms with van der Waals surface area (Å²) in [6.45, 7) is 0. The molecule has 0 radical (unpaired) electrons. The van der Waals surface area contributed by atoms with Crippen LogP contribution in [0.5, 0.6) is 0 Å². The molecule has 5 rings (SSSR count). The fourth-order valence-electron chi connectivity index (χ4n) is 5.18. The zero-order chi connectivity index (χ0) is 15.4. The Labute approximate surface area is 137 Å². The van der Waals surface area contributed by atoms with E-state index in [9.17, 15) is 4.79 Å². The van der Waals surface area contributed by atoms with Gasteiger partial charge in [-0.1, -0.05) is 54.6 Å². The van der Waals surface area contributed by atoms with Crippen molar-refractivity contribution in [2.45, 2.75) is 31.1 Å². The standard InChI is InChI=1S/C22H20O/c23-21-10-11-22(14-15-6-8-18(22)12-15)20-9-7-17(13-19(20)21)16-4-2-1-3-5-16/h1-9,13,15,18H,10-12,14H2. The van der Waals surface area contributed by atoms with Gasteiger partial charge in [-0.05, 0) is 53.9 Å². The molecule has 0 saturated heterocycles. The number of allylic oxidation sites excluding steroid dienone is 2. The lowest BCUT2D eigenvalue weighted by Crippen LogP contribution is -2.36. The quantitative estimate of drug-likeness (QED) is 0.664. The fourth-order valence-corrected chi connectivity index (χ4v) is 5.18. The van der Waals surface area contributed by atoms with Crippen molar-refractivity contribution < 1.29 is 4.79 Å². The van der Waals surface area contributed by atoms with Crippen LogP contribution in [0.15, 0.2) is 60.7 Å². The summed E-state index contributed by atoms with van der Waals surface area (Å²) in [4.78, 5) is 12.6. The van der Waals surface area contributed by atoms with Crippen LogP contribution < -0.4 is 0 Å². The van der Waals surface area contributed by atoms with Gasteiger partial charge in [0.25, 0.3) is 0 Å². The maximum Gasteiger partial charge on any atom is 0.163 e. The van der Waals surface area contributed by atoms with E-state index in [1.54, 1.807) is 0 Å².